The van der Waals surface area contributed by atoms with E-state index in [9.17, 15) is 8.68 Å². The van der Waals surface area contributed by atoms with Crippen molar-refractivity contribution in [3.63, 3.8) is 0 Å². The predicted molar refractivity (Wildman–Crippen MR) is 163 cm³/mol. The van der Waals surface area contributed by atoms with Crippen molar-refractivity contribution in [1.29, 1.82) is 0 Å². The summed E-state index contributed by atoms with van der Waals surface area (Å²) in [6, 6.07) is 15.0. The molecule has 6 rings (SSSR count). The molecule has 0 saturated carbocycles. The molecule has 2 aromatic carbocycles. The number of aromatic nitrogens is 4. The number of H-pyrrole nitrogens is 1. The summed E-state index contributed by atoms with van der Waals surface area (Å²) in [6.45, 7) is 7.63. The Hall–Kier alpha value is -4.18. The molecule has 4 heterocycles. The summed E-state index contributed by atoms with van der Waals surface area (Å²) in [4.78, 5) is 39.3. The molecule has 1 amide bonds. The summed E-state index contributed by atoms with van der Waals surface area (Å²) in [5.74, 6) is 3.95. The highest BCUT2D eigenvalue weighted by Gasteiger charge is 2.23. The molecule has 0 unspecified atom stereocenters. The van der Waals surface area contributed by atoms with Crippen molar-refractivity contribution in [2.75, 3.05) is 69.1 Å². The molecule has 0 spiro atoms. The standard InChI is InChI=1S/C30H32FN9OS/c1-2-11-37-12-16-39(17-13-37)29(41)23-5-7-24(8-6-23)34-28-26-27(33-21-32-26)35-30(36-28)40-18-14-38(15-19-40)20-22-3-9-25(42-31)10-4-22/h1,3-10,21H,11-20H2,(H2,32,33,34,35,36). The molecule has 42 heavy (non-hydrogen) atoms. The number of fused-ring (bicyclic) bond motifs is 1. The van der Waals surface area contributed by atoms with Gasteiger partial charge >= 0.3 is 0 Å². The maximum atomic E-state index is 13.0. The number of terminal acetylenes is 1. The lowest BCUT2D eigenvalue weighted by molar-refractivity contribution is 0.0652. The van der Waals surface area contributed by atoms with E-state index in [1.165, 1.54) is 0 Å². The second-order valence-electron chi connectivity index (χ2n) is 10.4. The molecule has 2 aliphatic heterocycles. The van der Waals surface area contributed by atoms with Crippen LogP contribution in [0.4, 0.5) is 21.3 Å². The summed E-state index contributed by atoms with van der Waals surface area (Å²) >= 11 is 0.265. The Kier molecular flexibility index (Phi) is 8.50. The summed E-state index contributed by atoms with van der Waals surface area (Å²) in [5.41, 5.74) is 3.94. The van der Waals surface area contributed by atoms with Crippen LogP contribution >= 0.6 is 12.1 Å². The zero-order valence-electron chi connectivity index (χ0n) is 23.2. The van der Waals surface area contributed by atoms with Gasteiger partial charge in [-0.05, 0) is 42.0 Å². The molecule has 2 saturated heterocycles. The number of amides is 1. The van der Waals surface area contributed by atoms with Crippen molar-refractivity contribution in [3.8, 4) is 12.3 Å². The summed E-state index contributed by atoms with van der Waals surface area (Å²) in [6.07, 6.45) is 7.03. The van der Waals surface area contributed by atoms with Gasteiger partial charge in [-0.15, -0.1) is 6.42 Å². The van der Waals surface area contributed by atoms with Crippen LogP contribution in [0.1, 0.15) is 15.9 Å². The number of nitrogens with one attached hydrogen (secondary N) is 2. The van der Waals surface area contributed by atoms with Crippen molar-refractivity contribution in [3.05, 3.63) is 66.0 Å². The third-order valence-corrected chi connectivity index (χ3v) is 8.17. The number of imidazole rings is 1. The number of halogens is 1. The normalized spacial score (nSPS) is 16.5. The predicted octanol–water partition coefficient (Wildman–Crippen LogP) is 3.79. The van der Waals surface area contributed by atoms with Crippen LogP contribution in [0.25, 0.3) is 11.2 Å². The molecule has 2 aliphatic rings. The number of carbonyl (C=O) groups excluding carboxylic acids is 1. The van der Waals surface area contributed by atoms with Gasteiger partial charge in [0.15, 0.2) is 11.5 Å². The fraction of sp³-hybridized carbons (Fsp3) is 0.333. The molecule has 0 atom stereocenters. The van der Waals surface area contributed by atoms with Crippen LogP contribution in [0.15, 0.2) is 59.8 Å². The average Bonchev–Trinajstić information content (AvgIpc) is 3.52. The van der Waals surface area contributed by atoms with Crippen LogP contribution in [-0.4, -0.2) is 99.4 Å². The third-order valence-electron chi connectivity index (χ3n) is 7.72. The van der Waals surface area contributed by atoms with Gasteiger partial charge in [0.1, 0.15) is 5.52 Å². The van der Waals surface area contributed by atoms with Crippen LogP contribution in [0.5, 0.6) is 0 Å². The maximum absolute atomic E-state index is 13.0. The van der Waals surface area contributed by atoms with Crippen LogP contribution in [0, 0.1) is 12.3 Å². The van der Waals surface area contributed by atoms with E-state index in [-0.39, 0.29) is 18.1 Å². The first kappa shape index (κ1) is 28.0. The van der Waals surface area contributed by atoms with Gasteiger partial charge in [0, 0.05) is 75.0 Å². The zero-order chi connectivity index (χ0) is 28.9. The molecule has 0 bridgehead atoms. The quantitative estimate of drug-likeness (QED) is 0.300. The molecule has 10 nitrogen and oxygen atoms in total. The first-order valence-corrected chi connectivity index (χ1v) is 14.7. The first-order valence-electron chi connectivity index (χ1n) is 14.0. The second kappa shape index (κ2) is 12.8. The lowest BCUT2D eigenvalue weighted by Gasteiger charge is -2.34. The van der Waals surface area contributed by atoms with E-state index in [0.29, 0.717) is 47.5 Å². The topological polar surface area (TPSA) is 96.5 Å². The minimum absolute atomic E-state index is 0.0251. The smallest absolute Gasteiger partial charge is 0.253 e. The minimum Gasteiger partial charge on any atom is -0.340 e. The fourth-order valence-electron chi connectivity index (χ4n) is 5.32. The Morgan fingerprint density at radius 3 is 2.36 bits per heavy atom. The number of nitrogens with zero attached hydrogens (tertiary/aromatic N) is 7. The van der Waals surface area contributed by atoms with E-state index < -0.39 is 0 Å². The Bertz CT molecular complexity index is 1550. The Morgan fingerprint density at radius 2 is 1.67 bits per heavy atom. The molecular formula is C30H32FN9OS. The van der Waals surface area contributed by atoms with Gasteiger partial charge < -0.3 is 20.1 Å². The van der Waals surface area contributed by atoms with Gasteiger partial charge in [-0.2, -0.15) is 13.9 Å². The number of hydrogen-bond acceptors (Lipinski definition) is 9. The molecule has 12 heteroatoms. The van der Waals surface area contributed by atoms with Crippen molar-refractivity contribution < 1.29 is 8.68 Å². The van der Waals surface area contributed by atoms with Crippen molar-refractivity contribution in [2.45, 2.75) is 11.4 Å². The Morgan fingerprint density at radius 1 is 0.952 bits per heavy atom. The largest absolute Gasteiger partial charge is 0.340 e. The van der Waals surface area contributed by atoms with E-state index in [0.717, 1.165) is 62.6 Å². The third kappa shape index (κ3) is 6.33. The molecule has 0 radical (unpaired) electrons. The maximum Gasteiger partial charge on any atom is 0.253 e. The number of rotatable bonds is 8. The van der Waals surface area contributed by atoms with Gasteiger partial charge in [-0.3, -0.25) is 14.6 Å². The highest BCUT2D eigenvalue weighted by atomic mass is 32.2. The summed E-state index contributed by atoms with van der Waals surface area (Å²) in [5, 5.41) is 3.39. The molecule has 216 valence electrons. The van der Waals surface area contributed by atoms with Gasteiger partial charge in [-0.1, -0.05) is 18.1 Å². The van der Waals surface area contributed by atoms with Crippen molar-refractivity contribution >= 4 is 46.7 Å². The Balaban J connectivity index is 1.09. The molecule has 4 aromatic rings. The minimum atomic E-state index is 0.0251. The van der Waals surface area contributed by atoms with Crippen LogP contribution in [0.2, 0.25) is 0 Å². The molecule has 2 fully saturated rings. The highest BCUT2D eigenvalue weighted by molar-refractivity contribution is 7.94. The second-order valence-corrected chi connectivity index (χ2v) is 11.1. The molecule has 0 aliphatic carbocycles. The summed E-state index contributed by atoms with van der Waals surface area (Å²) in [7, 11) is 0. The number of piperazine rings is 2. The van der Waals surface area contributed by atoms with Crippen LogP contribution in [0.3, 0.4) is 0 Å². The van der Waals surface area contributed by atoms with Crippen molar-refractivity contribution in [2.24, 2.45) is 0 Å². The molecule has 2 aromatic heterocycles. The van der Waals surface area contributed by atoms with Crippen molar-refractivity contribution in [1.82, 2.24) is 34.6 Å². The number of aromatic amines is 1. The number of hydrogen-bond donors (Lipinski definition) is 2. The Labute approximate surface area is 248 Å². The summed E-state index contributed by atoms with van der Waals surface area (Å²) < 4.78 is 12.7. The van der Waals surface area contributed by atoms with E-state index in [1.54, 1.807) is 6.33 Å². The number of benzene rings is 2. The fourth-order valence-corrected chi connectivity index (χ4v) is 5.56. The SMILES string of the molecule is C#CCN1CCN(C(=O)c2ccc(Nc3nc(N4CCN(Cc5ccc(SF)cc5)CC4)nc4nc[nH]c34)cc2)CC1. The average molecular weight is 586 g/mol. The zero-order valence-corrected chi connectivity index (χ0v) is 24.0. The van der Waals surface area contributed by atoms with Crippen LogP contribution < -0.4 is 10.2 Å². The lowest BCUT2D eigenvalue weighted by atomic mass is 10.1. The highest BCUT2D eigenvalue weighted by Crippen LogP contribution is 2.26. The number of anilines is 3. The van der Waals surface area contributed by atoms with E-state index in [4.69, 9.17) is 16.4 Å². The van der Waals surface area contributed by atoms with E-state index in [2.05, 4.69) is 35.9 Å². The monoisotopic (exact) mass is 585 g/mol. The van der Waals surface area contributed by atoms with Crippen LogP contribution in [-0.2, 0) is 6.54 Å². The first-order chi connectivity index (χ1) is 20.6. The molecule has 2 N–H and O–H groups in total. The van der Waals surface area contributed by atoms with E-state index in [1.807, 2.05) is 53.4 Å². The molecular weight excluding hydrogens is 553 g/mol. The van der Waals surface area contributed by atoms with Gasteiger partial charge in [-0.25, -0.2) is 4.98 Å². The number of carbonyl (C=O) groups is 1. The van der Waals surface area contributed by atoms with E-state index >= 15 is 0 Å². The van der Waals surface area contributed by atoms with Gasteiger partial charge in [0.05, 0.1) is 25.0 Å². The van der Waals surface area contributed by atoms with Gasteiger partial charge in [0.2, 0.25) is 5.95 Å². The lowest BCUT2D eigenvalue weighted by Crippen LogP contribution is -2.48. The van der Waals surface area contributed by atoms with Gasteiger partial charge in [0.25, 0.3) is 5.91 Å².